The third-order valence-corrected chi connectivity index (χ3v) is 0.625. The third-order valence-electron chi connectivity index (χ3n) is 0.625. The van der Waals surface area contributed by atoms with Crippen molar-refractivity contribution in [3.8, 4) is 0 Å². The SMILES string of the molecule is CC.CC.CNC/C=C/CN. The monoisotopic (exact) mass is 160 g/mol. The molecule has 0 amide bonds. The van der Waals surface area contributed by atoms with Crippen molar-refractivity contribution in [2.45, 2.75) is 27.7 Å². The van der Waals surface area contributed by atoms with Crippen molar-refractivity contribution in [3.63, 3.8) is 0 Å². The van der Waals surface area contributed by atoms with Gasteiger partial charge in [0.05, 0.1) is 0 Å². The first kappa shape index (κ1) is 17.0. The van der Waals surface area contributed by atoms with Crippen molar-refractivity contribution < 1.29 is 0 Å². The van der Waals surface area contributed by atoms with E-state index in [1.165, 1.54) is 0 Å². The Labute approximate surface area is 71.9 Å². The highest BCUT2D eigenvalue weighted by atomic mass is 14.8. The third kappa shape index (κ3) is 42.3. The molecule has 3 N–H and O–H groups in total. The van der Waals surface area contributed by atoms with Gasteiger partial charge in [-0.2, -0.15) is 0 Å². The molecule has 0 rings (SSSR count). The second-order valence-electron chi connectivity index (χ2n) is 1.26. The molecule has 0 spiro atoms. The normalized spacial score (nSPS) is 7.82. The van der Waals surface area contributed by atoms with Crippen LogP contribution in [0.1, 0.15) is 27.7 Å². The molecule has 0 aliphatic heterocycles. The van der Waals surface area contributed by atoms with E-state index < -0.39 is 0 Å². The highest BCUT2D eigenvalue weighted by molar-refractivity contribution is 4.83. The predicted molar refractivity (Wildman–Crippen MR) is 54.8 cm³/mol. The van der Waals surface area contributed by atoms with Gasteiger partial charge in [0.1, 0.15) is 0 Å². The average Bonchev–Trinajstić information content (AvgIpc) is 2.13. The summed E-state index contributed by atoms with van der Waals surface area (Å²) in [6, 6.07) is 0. The lowest BCUT2D eigenvalue weighted by Crippen LogP contribution is -2.04. The number of nitrogens with two attached hydrogens (primary N) is 1. The van der Waals surface area contributed by atoms with Gasteiger partial charge in [0, 0.05) is 13.1 Å². The van der Waals surface area contributed by atoms with Crippen LogP contribution < -0.4 is 11.1 Å². The minimum atomic E-state index is 0.641. The van der Waals surface area contributed by atoms with Crippen LogP contribution in [0.3, 0.4) is 0 Å². The molecule has 0 aromatic heterocycles. The van der Waals surface area contributed by atoms with E-state index in [4.69, 9.17) is 5.73 Å². The zero-order valence-electron chi connectivity index (χ0n) is 8.65. The molecule has 2 heteroatoms. The van der Waals surface area contributed by atoms with Gasteiger partial charge in [0.2, 0.25) is 0 Å². The number of nitrogens with one attached hydrogen (secondary N) is 1. The van der Waals surface area contributed by atoms with E-state index in [0.717, 1.165) is 6.54 Å². The molecule has 0 heterocycles. The van der Waals surface area contributed by atoms with Crippen molar-refractivity contribution in [1.82, 2.24) is 5.32 Å². The summed E-state index contributed by atoms with van der Waals surface area (Å²) in [4.78, 5) is 0. The first-order chi connectivity index (χ1) is 5.41. The lowest BCUT2D eigenvalue weighted by Gasteiger charge is -1.84. The summed E-state index contributed by atoms with van der Waals surface area (Å²) in [6.45, 7) is 9.55. The van der Waals surface area contributed by atoms with Gasteiger partial charge in [-0.15, -0.1) is 0 Å². The van der Waals surface area contributed by atoms with Crippen molar-refractivity contribution in [2.75, 3.05) is 20.1 Å². The molecule has 0 fully saturated rings. The molecular formula is C9H24N2. The Morgan fingerprint density at radius 2 is 1.55 bits per heavy atom. The molecule has 0 radical (unpaired) electrons. The highest BCUT2D eigenvalue weighted by Crippen LogP contribution is 1.62. The Hall–Kier alpha value is -0.340. The lowest BCUT2D eigenvalue weighted by molar-refractivity contribution is 0.916. The van der Waals surface area contributed by atoms with Gasteiger partial charge in [-0.3, -0.25) is 0 Å². The Balaban J connectivity index is -0.000000138. The summed E-state index contributed by atoms with van der Waals surface area (Å²) in [5.74, 6) is 0. The van der Waals surface area contributed by atoms with E-state index in [9.17, 15) is 0 Å². The first-order valence-electron chi connectivity index (χ1n) is 4.41. The maximum Gasteiger partial charge on any atom is 0.0132 e. The summed E-state index contributed by atoms with van der Waals surface area (Å²) in [7, 11) is 1.90. The minimum absolute atomic E-state index is 0.641. The lowest BCUT2D eigenvalue weighted by atomic mass is 10.5. The van der Waals surface area contributed by atoms with Gasteiger partial charge in [-0.1, -0.05) is 39.8 Å². The van der Waals surface area contributed by atoms with Gasteiger partial charge in [0.15, 0.2) is 0 Å². The first-order valence-corrected chi connectivity index (χ1v) is 4.41. The molecule has 0 aliphatic rings. The van der Waals surface area contributed by atoms with E-state index in [0.29, 0.717) is 6.54 Å². The number of hydrogen-bond acceptors (Lipinski definition) is 2. The molecule has 0 atom stereocenters. The molecule has 0 saturated carbocycles. The Morgan fingerprint density at radius 3 is 1.82 bits per heavy atom. The molecule has 0 saturated heterocycles. The van der Waals surface area contributed by atoms with Crippen LogP contribution in [0.2, 0.25) is 0 Å². The van der Waals surface area contributed by atoms with Gasteiger partial charge in [0.25, 0.3) is 0 Å². The number of likely N-dealkylation sites (N-methyl/N-ethyl adjacent to an activating group) is 1. The van der Waals surface area contributed by atoms with E-state index in [1.807, 2.05) is 46.9 Å². The molecule has 0 unspecified atom stereocenters. The standard InChI is InChI=1S/C5H12N2.2C2H6/c1-7-5-3-2-4-6;2*1-2/h2-3,7H,4-6H2,1H3;2*1-2H3/b3-2+;;. The van der Waals surface area contributed by atoms with Crippen LogP contribution in [-0.2, 0) is 0 Å². The molecular weight excluding hydrogens is 136 g/mol. The summed E-state index contributed by atoms with van der Waals surface area (Å²) >= 11 is 0. The molecule has 11 heavy (non-hydrogen) atoms. The smallest absolute Gasteiger partial charge is 0.0132 e. The van der Waals surface area contributed by atoms with E-state index in [-0.39, 0.29) is 0 Å². The molecule has 2 nitrogen and oxygen atoms in total. The van der Waals surface area contributed by atoms with Crippen LogP contribution in [-0.4, -0.2) is 20.1 Å². The van der Waals surface area contributed by atoms with E-state index in [2.05, 4.69) is 5.32 Å². The fraction of sp³-hybridized carbons (Fsp3) is 0.778. The van der Waals surface area contributed by atoms with E-state index in [1.54, 1.807) is 0 Å². The van der Waals surface area contributed by atoms with Crippen LogP contribution in [0.15, 0.2) is 12.2 Å². The zero-order chi connectivity index (χ0) is 9.54. The van der Waals surface area contributed by atoms with Crippen molar-refractivity contribution in [1.29, 1.82) is 0 Å². The highest BCUT2D eigenvalue weighted by Gasteiger charge is 1.65. The molecule has 0 aromatic carbocycles. The maximum absolute atomic E-state index is 5.15. The zero-order valence-corrected chi connectivity index (χ0v) is 8.65. The second kappa shape index (κ2) is 33.4. The number of hydrogen-bond donors (Lipinski definition) is 2. The van der Waals surface area contributed by atoms with Crippen LogP contribution in [0.4, 0.5) is 0 Å². The van der Waals surface area contributed by atoms with Gasteiger partial charge in [-0.05, 0) is 7.05 Å². The van der Waals surface area contributed by atoms with Crippen LogP contribution in [0.25, 0.3) is 0 Å². The molecule has 70 valence electrons. The van der Waals surface area contributed by atoms with Crippen molar-refractivity contribution >= 4 is 0 Å². The van der Waals surface area contributed by atoms with Crippen molar-refractivity contribution in [3.05, 3.63) is 12.2 Å². The topological polar surface area (TPSA) is 38.0 Å². The van der Waals surface area contributed by atoms with Crippen LogP contribution in [0, 0.1) is 0 Å². The summed E-state index contributed by atoms with van der Waals surface area (Å²) < 4.78 is 0. The Morgan fingerprint density at radius 1 is 1.09 bits per heavy atom. The fourth-order valence-corrected chi connectivity index (χ4v) is 0.297. The number of rotatable bonds is 3. The summed E-state index contributed by atoms with van der Waals surface area (Å²) in [5.41, 5.74) is 5.15. The average molecular weight is 160 g/mol. The summed E-state index contributed by atoms with van der Waals surface area (Å²) in [5, 5.41) is 2.96. The maximum atomic E-state index is 5.15. The van der Waals surface area contributed by atoms with Crippen molar-refractivity contribution in [2.24, 2.45) is 5.73 Å². The van der Waals surface area contributed by atoms with E-state index >= 15 is 0 Å². The van der Waals surface area contributed by atoms with Gasteiger partial charge < -0.3 is 11.1 Å². The minimum Gasteiger partial charge on any atom is -0.327 e. The molecule has 0 aliphatic carbocycles. The van der Waals surface area contributed by atoms with Gasteiger partial charge >= 0.3 is 0 Å². The Bertz CT molecular complexity index is 51.5. The summed E-state index contributed by atoms with van der Waals surface area (Å²) in [6.07, 6.45) is 3.93. The Kier molecular flexibility index (Phi) is 51.4. The quantitative estimate of drug-likeness (QED) is 0.618. The molecule has 0 aromatic rings. The predicted octanol–water partition coefficient (Wildman–Crippen LogP) is 1.77. The van der Waals surface area contributed by atoms with Crippen LogP contribution >= 0.6 is 0 Å². The largest absolute Gasteiger partial charge is 0.327 e. The van der Waals surface area contributed by atoms with Gasteiger partial charge in [-0.25, -0.2) is 0 Å². The van der Waals surface area contributed by atoms with Crippen LogP contribution in [0.5, 0.6) is 0 Å². The molecule has 0 bridgehead atoms. The fourth-order valence-electron chi connectivity index (χ4n) is 0.297. The second-order valence-corrected chi connectivity index (χ2v) is 1.26.